The molecule has 0 fully saturated rings. The maximum atomic E-state index is 13.0. The highest BCUT2D eigenvalue weighted by atomic mass is 19.3. The van der Waals surface area contributed by atoms with E-state index in [1.54, 1.807) is 0 Å². The summed E-state index contributed by atoms with van der Waals surface area (Å²) >= 11 is 0. The fraction of sp³-hybridized carbons (Fsp3) is 0.214. The van der Waals surface area contributed by atoms with E-state index in [2.05, 4.69) is 16.7 Å². The second-order valence-corrected chi connectivity index (χ2v) is 4.63. The predicted octanol–water partition coefficient (Wildman–Crippen LogP) is 2.63. The highest BCUT2D eigenvalue weighted by molar-refractivity contribution is 5.72. The van der Waals surface area contributed by atoms with Crippen molar-refractivity contribution in [3.05, 3.63) is 42.9 Å². The number of alkyl halides is 2. The fourth-order valence-corrected chi connectivity index (χ4v) is 2.13. The Balaban J connectivity index is 2.45. The molecule has 1 unspecified atom stereocenters. The second kappa shape index (κ2) is 6.86. The predicted molar refractivity (Wildman–Crippen MR) is 79.3 cm³/mol. The average Bonchev–Trinajstić information content (AvgIpc) is 2.88. The van der Waals surface area contributed by atoms with Gasteiger partial charge in [-0.25, -0.2) is 9.48 Å². The molecule has 2 aromatic rings. The van der Waals surface area contributed by atoms with Gasteiger partial charge in [-0.3, -0.25) is 4.98 Å². The Hall–Kier alpha value is -2.97. The first kappa shape index (κ1) is 16.4. The molecule has 0 saturated heterocycles. The first-order valence-electron chi connectivity index (χ1n) is 6.57. The van der Waals surface area contributed by atoms with Crippen molar-refractivity contribution < 1.29 is 18.3 Å². The highest BCUT2D eigenvalue weighted by Crippen LogP contribution is 2.31. The van der Waals surface area contributed by atoms with Crippen molar-refractivity contribution in [3.8, 4) is 11.3 Å². The lowest BCUT2D eigenvalue weighted by atomic mass is 10.0. The van der Waals surface area contributed by atoms with Crippen LogP contribution in [0.5, 0.6) is 0 Å². The molecular weight excluding hydrogens is 308 g/mol. The Kier molecular flexibility index (Phi) is 4.89. The molecule has 1 atom stereocenters. The summed E-state index contributed by atoms with van der Waals surface area (Å²) in [5, 5.41) is 3.54. The molecule has 0 aliphatic carbocycles. The summed E-state index contributed by atoms with van der Waals surface area (Å²) < 4.78 is 31.5. The number of nitrogen functional groups attached to an aromatic ring is 1. The molecule has 0 saturated carbocycles. The van der Waals surface area contributed by atoms with Crippen LogP contribution in [0.15, 0.2) is 37.3 Å². The van der Waals surface area contributed by atoms with E-state index < -0.39 is 18.7 Å². The number of hydrogen-bond donors (Lipinski definition) is 2. The number of anilines is 1. The number of pyridine rings is 1. The molecule has 7 nitrogen and oxygen atoms in total. The molecule has 0 bridgehead atoms. The number of rotatable bonds is 6. The summed E-state index contributed by atoms with van der Waals surface area (Å²) in [5.74, 6) is 0. The lowest BCUT2D eigenvalue weighted by Gasteiger charge is -2.16. The van der Waals surface area contributed by atoms with Gasteiger partial charge in [-0.15, -0.1) is 6.58 Å². The van der Waals surface area contributed by atoms with Crippen LogP contribution in [-0.2, 0) is 4.74 Å². The Morgan fingerprint density at radius 1 is 1.43 bits per heavy atom. The molecule has 0 radical (unpaired) electrons. The van der Waals surface area contributed by atoms with Crippen LogP contribution in [0.4, 0.5) is 19.3 Å². The molecule has 0 spiro atoms. The van der Waals surface area contributed by atoms with Crippen LogP contribution in [0.1, 0.15) is 24.6 Å². The van der Waals surface area contributed by atoms with Gasteiger partial charge >= 0.3 is 12.6 Å². The van der Waals surface area contributed by atoms with Gasteiger partial charge in [-0.2, -0.15) is 13.9 Å². The number of nitrogens with zero attached hydrogens (tertiary/aromatic N) is 3. The molecule has 2 rings (SSSR count). The van der Waals surface area contributed by atoms with Crippen molar-refractivity contribution in [3.63, 3.8) is 0 Å². The number of nitrogens with two attached hydrogens (primary N) is 2. The smallest absolute Gasteiger partial charge is 0.405 e. The minimum absolute atomic E-state index is 0.0331. The van der Waals surface area contributed by atoms with Crippen molar-refractivity contribution >= 4 is 11.8 Å². The van der Waals surface area contributed by atoms with Gasteiger partial charge in [0.1, 0.15) is 6.10 Å². The van der Waals surface area contributed by atoms with Crippen LogP contribution in [0.2, 0.25) is 0 Å². The largest absolute Gasteiger partial charge is 0.441 e. The number of hydrogen-bond acceptors (Lipinski definition) is 5. The Bertz CT molecular complexity index is 717. The van der Waals surface area contributed by atoms with E-state index in [1.807, 2.05) is 0 Å². The molecule has 9 heteroatoms. The highest BCUT2D eigenvalue weighted by Gasteiger charge is 2.20. The first-order chi connectivity index (χ1) is 10.9. The molecule has 2 heterocycles. The number of carbonyl (C=O) groups excluding carboxylic acids is 1. The third kappa shape index (κ3) is 3.62. The summed E-state index contributed by atoms with van der Waals surface area (Å²) in [5.41, 5.74) is 11.7. The molecule has 0 aliphatic rings. The Morgan fingerprint density at radius 3 is 2.78 bits per heavy atom. The number of ether oxygens (including phenoxy) is 1. The monoisotopic (exact) mass is 323 g/mol. The van der Waals surface area contributed by atoms with E-state index >= 15 is 0 Å². The quantitative estimate of drug-likeness (QED) is 0.794. The van der Waals surface area contributed by atoms with Crippen molar-refractivity contribution in [2.75, 3.05) is 5.73 Å². The minimum Gasteiger partial charge on any atom is -0.441 e. The number of primary amides is 1. The van der Waals surface area contributed by atoms with Crippen LogP contribution < -0.4 is 11.5 Å². The summed E-state index contributed by atoms with van der Waals surface area (Å²) in [7, 11) is 0. The van der Waals surface area contributed by atoms with Gasteiger partial charge in [0.15, 0.2) is 0 Å². The molecule has 4 N–H and O–H groups in total. The zero-order chi connectivity index (χ0) is 17.0. The number of amides is 1. The van der Waals surface area contributed by atoms with Gasteiger partial charge in [0.2, 0.25) is 0 Å². The molecule has 2 aromatic heterocycles. The lowest BCUT2D eigenvalue weighted by molar-refractivity contribution is 0.0585. The number of aromatic nitrogens is 3. The van der Waals surface area contributed by atoms with Crippen molar-refractivity contribution in [1.82, 2.24) is 14.8 Å². The summed E-state index contributed by atoms with van der Waals surface area (Å²) in [4.78, 5) is 15.0. The van der Waals surface area contributed by atoms with E-state index in [0.717, 1.165) is 6.20 Å². The van der Waals surface area contributed by atoms with Gasteiger partial charge in [0.25, 0.3) is 0 Å². The Labute approximate surface area is 130 Å². The van der Waals surface area contributed by atoms with E-state index in [4.69, 9.17) is 16.2 Å². The van der Waals surface area contributed by atoms with E-state index in [9.17, 15) is 13.6 Å². The van der Waals surface area contributed by atoms with E-state index in [1.165, 1.54) is 24.5 Å². The maximum Gasteiger partial charge on any atom is 0.405 e. The second-order valence-electron chi connectivity index (χ2n) is 4.63. The van der Waals surface area contributed by atoms with Crippen LogP contribution in [0.25, 0.3) is 11.3 Å². The third-order valence-corrected chi connectivity index (χ3v) is 3.05. The zero-order valence-corrected chi connectivity index (χ0v) is 12.0. The summed E-state index contributed by atoms with van der Waals surface area (Å²) in [6.45, 7) is 0.721. The van der Waals surface area contributed by atoms with Gasteiger partial charge < -0.3 is 16.2 Å². The first-order valence-corrected chi connectivity index (χ1v) is 6.57. The molecule has 1 amide bonds. The zero-order valence-electron chi connectivity index (χ0n) is 12.0. The van der Waals surface area contributed by atoms with Crippen LogP contribution >= 0.6 is 0 Å². The van der Waals surface area contributed by atoms with Crippen LogP contribution in [-0.4, -0.2) is 20.9 Å². The minimum atomic E-state index is -2.85. The molecule has 0 aromatic carbocycles. The SMILES string of the molecule is C=CCC(OC(N)=O)c1cncc(-c2c(N)cnn2C(F)F)c1. The maximum absolute atomic E-state index is 13.0. The van der Waals surface area contributed by atoms with Gasteiger partial charge in [-0.05, 0) is 6.07 Å². The lowest BCUT2D eigenvalue weighted by Crippen LogP contribution is -2.17. The van der Waals surface area contributed by atoms with Crippen molar-refractivity contribution in [2.24, 2.45) is 5.73 Å². The molecular formula is C14H15F2N5O2. The average molecular weight is 323 g/mol. The molecule has 0 aliphatic heterocycles. The fourth-order valence-electron chi connectivity index (χ4n) is 2.13. The summed E-state index contributed by atoms with van der Waals surface area (Å²) in [6.07, 6.45) is 4.09. The van der Waals surface area contributed by atoms with Crippen molar-refractivity contribution in [1.29, 1.82) is 0 Å². The van der Waals surface area contributed by atoms with E-state index in [-0.39, 0.29) is 17.8 Å². The van der Waals surface area contributed by atoms with Gasteiger partial charge in [0, 0.05) is 29.9 Å². The molecule has 122 valence electrons. The Morgan fingerprint density at radius 2 is 2.17 bits per heavy atom. The molecule has 23 heavy (non-hydrogen) atoms. The third-order valence-electron chi connectivity index (χ3n) is 3.05. The van der Waals surface area contributed by atoms with Gasteiger partial charge in [-0.1, -0.05) is 6.08 Å². The number of carbonyl (C=O) groups is 1. The van der Waals surface area contributed by atoms with Crippen LogP contribution in [0, 0.1) is 0 Å². The topological polar surface area (TPSA) is 109 Å². The normalized spacial score (nSPS) is 12.1. The number of halogens is 2. The summed E-state index contributed by atoms with van der Waals surface area (Å²) in [6, 6.07) is 1.54. The van der Waals surface area contributed by atoms with Crippen molar-refractivity contribution in [2.45, 2.75) is 19.1 Å². The van der Waals surface area contributed by atoms with Gasteiger partial charge in [0.05, 0.1) is 17.6 Å². The van der Waals surface area contributed by atoms with Crippen LogP contribution in [0.3, 0.4) is 0 Å². The standard InChI is InChI=1S/C14H15F2N5O2/c1-2-3-11(23-14(18)22)8-4-9(6-19-5-8)12-10(17)7-20-21(12)13(15)16/h2,4-7,11,13H,1,3,17H2,(H2,18,22). The van der Waals surface area contributed by atoms with E-state index in [0.29, 0.717) is 15.8 Å².